The van der Waals surface area contributed by atoms with E-state index in [1.807, 2.05) is 0 Å². The first-order chi connectivity index (χ1) is 11.5. The average molecular weight is 416 g/mol. The summed E-state index contributed by atoms with van der Waals surface area (Å²) in [4.78, 5) is 32.9. The monoisotopic (exact) mass is 415 g/mol. The van der Waals surface area contributed by atoms with Gasteiger partial charge in [0.05, 0.1) is 0 Å². The lowest BCUT2D eigenvalue weighted by Crippen LogP contribution is -2.47. The van der Waals surface area contributed by atoms with Gasteiger partial charge in [-0.2, -0.15) is 0 Å². The van der Waals surface area contributed by atoms with Gasteiger partial charge in [-0.25, -0.2) is 4.98 Å². The second kappa shape index (κ2) is 9.26. The highest BCUT2D eigenvalue weighted by Crippen LogP contribution is 2.15. The summed E-state index contributed by atoms with van der Waals surface area (Å²) >= 11 is 4.54. The van der Waals surface area contributed by atoms with Crippen molar-refractivity contribution in [2.75, 3.05) is 46.3 Å². The smallest absolute Gasteiger partial charge is 0.275 e. The summed E-state index contributed by atoms with van der Waals surface area (Å²) in [7, 11) is 2.11. The van der Waals surface area contributed by atoms with Crippen LogP contribution in [0.1, 0.15) is 17.4 Å². The highest BCUT2D eigenvalue weighted by atomic mass is 79.9. The Morgan fingerprint density at radius 1 is 1.38 bits per heavy atom. The standard InChI is InChI=1S/C15H22BrN5O2S/c1-3-11(18-14(23)12-10-24-15(16)19-12)13(22)17-4-5-21-8-6-20(2)7-9-21/h3,10H,4-9H2,1-2H3,(H,17,22)(H,18,23)/b11-3-. The van der Waals surface area contributed by atoms with Gasteiger partial charge in [-0.15, -0.1) is 11.3 Å². The third-order valence-corrected chi connectivity index (χ3v) is 5.16. The average Bonchev–Trinajstić information content (AvgIpc) is 3.00. The second-order valence-electron chi connectivity index (χ2n) is 5.54. The van der Waals surface area contributed by atoms with Crippen LogP contribution in [0, 0.1) is 0 Å². The van der Waals surface area contributed by atoms with Gasteiger partial charge in [0.25, 0.3) is 11.8 Å². The lowest BCUT2D eigenvalue weighted by Gasteiger charge is -2.32. The van der Waals surface area contributed by atoms with E-state index in [-0.39, 0.29) is 23.2 Å². The number of piperazine rings is 1. The first-order valence-corrected chi connectivity index (χ1v) is 9.44. The molecule has 0 saturated carbocycles. The van der Waals surface area contributed by atoms with Gasteiger partial charge >= 0.3 is 0 Å². The van der Waals surface area contributed by atoms with Crippen molar-refractivity contribution in [3.05, 3.63) is 26.8 Å². The lowest BCUT2D eigenvalue weighted by molar-refractivity contribution is -0.117. The minimum absolute atomic E-state index is 0.238. The molecule has 9 heteroatoms. The molecule has 1 aromatic rings. The number of hydrogen-bond acceptors (Lipinski definition) is 6. The van der Waals surface area contributed by atoms with E-state index in [0.29, 0.717) is 10.5 Å². The normalized spacial score (nSPS) is 16.9. The maximum Gasteiger partial charge on any atom is 0.275 e. The van der Waals surface area contributed by atoms with E-state index in [2.05, 4.69) is 48.4 Å². The molecule has 1 saturated heterocycles. The van der Waals surface area contributed by atoms with E-state index >= 15 is 0 Å². The number of allylic oxidation sites excluding steroid dienone is 1. The van der Waals surface area contributed by atoms with Gasteiger partial charge in [0.2, 0.25) is 0 Å². The summed E-state index contributed by atoms with van der Waals surface area (Å²) in [6.07, 6.45) is 1.59. The summed E-state index contributed by atoms with van der Waals surface area (Å²) in [5.41, 5.74) is 0.527. The molecule has 0 spiro atoms. The Labute approximate surface area is 154 Å². The number of nitrogens with zero attached hydrogens (tertiary/aromatic N) is 3. The number of amides is 2. The molecule has 2 rings (SSSR count). The molecule has 1 aliphatic heterocycles. The molecule has 0 bridgehead atoms. The molecule has 2 amide bonds. The molecule has 24 heavy (non-hydrogen) atoms. The summed E-state index contributed by atoms with van der Waals surface area (Å²) in [6, 6.07) is 0. The molecule has 0 aromatic carbocycles. The zero-order valence-electron chi connectivity index (χ0n) is 13.8. The molecule has 7 nitrogen and oxygen atoms in total. The van der Waals surface area contributed by atoms with Gasteiger partial charge in [0, 0.05) is 44.6 Å². The second-order valence-corrected chi connectivity index (χ2v) is 7.68. The number of aromatic nitrogens is 1. The first-order valence-electron chi connectivity index (χ1n) is 7.77. The van der Waals surface area contributed by atoms with Crippen LogP contribution in [0.15, 0.2) is 21.1 Å². The molecule has 1 aromatic heterocycles. The van der Waals surface area contributed by atoms with Crippen LogP contribution in [0.3, 0.4) is 0 Å². The zero-order valence-corrected chi connectivity index (χ0v) is 16.2. The van der Waals surface area contributed by atoms with Crippen LogP contribution in [0.2, 0.25) is 0 Å². The largest absolute Gasteiger partial charge is 0.349 e. The van der Waals surface area contributed by atoms with Gasteiger partial charge in [-0.3, -0.25) is 14.5 Å². The molecular formula is C15H22BrN5O2S. The van der Waals surface area contributed by atoms with E-state index in [1.54, 1.807) is 18.4 Å². The van der Waals surface area contributed by atoms with E-state index in [0.717, 1.165) is 32.7 Å². The fraction of sp³-hybridized carbons (Fsp3) is 0.533. The summed E-state index contributed by atoms with van der Waals surface area (Å²) < 4.78 is 0.631. The van der Waals surface area contributed by atoms with Crippen LogP contribution in [-0.4, -0.2) is 72.9 Å². The third-order valence-electron chi connectivity index (χ3n) is 3.80. The van der Waals surface area contributed by atoms with Crippen molar-refractivity contribution < 1.29 is 9.59 Å². The van der Waals surface area contributed by atoms with Crippen LogP contribution in [0.4, 0.5) is 0 Å². The fourth-order valence-corrected chi connectivity index (χ4v) is 3.29. The Bertz CT molecular complexity index is 611. The first kappa shape index (κ1) is 19.0. The molecule has 1 fully saturated rings. The van der Waals surface area contributed by atoms with Gasteiger partial charge in [-0.1, -0.05) is 6.08 Å². The summed E-state index contributed by atoms with van der Waals surface area (Å²) in [5.74, 6) is -0.673. The van der Waals surface area contributed by atoms with E-state index in [1.165, 1.54) is 11.3 Å². The minimum Gasteiger partial charge on any atom is -0.349 e. The topological polar surface area (TPSA) is 77.6 Å². The molecule has 2 N–H and O–H groups in total. The number of hydrogen-bond donors (Lipinski definition) is 2. The Kier molecular flexibility index (Phi) is 7.35. The van der Waals surface area contributed by atoms with Gasteiger partial charge in [0.1, 0.15) is 11.4 Å². The van der Waals surface area contributed by atoms with Crippen molar-refractivity contribution in [3.63, 3.8) is 0 Å². The third kappa shape index (κ3) is 5.66. The molecule has 0 aliphatic carbocycles. The fourth-order valence-electron chi connectivity index (χ4n) is 2.30. The number of carbonyl (C=O) groups excluding carboxylic acids is 2. The van der Waals surface area contributed by atoms with Crippen molar-refractivity contribution in [3.8, 4) is 0 Å². The maximum atomic E-state index is 12.2. The van der Waals surface area contributed by atoms with Crippen LogP contribution in [0.5, 0.6) is 0 Å². The number of nitrogens with one attached hydrogen (secondary N) is 2. The molecule has 1 aliphatic rings. The maximum absolute atomic E-state index is 12.2. The molecule has 0 atom stereocenters. The predicted octanol–water partition coefficient (Wildman–Crippen LogP) is 0.903. The molecular weight excluding hydrogens is 394 g/mol. The molecule has 2 heterocycles. The SMILES string of the molecule is C/C=C(\NC(=O)c1csc(Br)n1)C(=O)NCCN1CCN(C)CC1. The number of rotatable bonds is 6. The van der Waals surface area contributed by atoms with E-state index in [9.17, 15) is 9.59 Å². The van der Waals surface area contributed by atoms with Crippen molar-refractivity contribution in [1.82, 2.24) is 25.4 Å². The van der Waals surface area contributed by atoms with Crippen molar-refractivity contribution in [2.24, 2.45) is 0 Å². The van der Waals surface area contributed by atoms with Gasteiger partial charge in [0.15, 0.2) is 3.92 Å². The zero-order chi connectivity index (χ0) is 17.5. The van der Waals surface area contributed by atoms with Crippen LogP contribution >= 0.6 is 27.3 Å². The van der Waals surface area contributed by atoms with E-state index < -0.39 is 0 Å². The Morgan fingerprint density at radius 2 is 2.08 bits per heavy atom. The number of halogens is 1. The predicted molar refractivity (Wildman–Crippen MR) is 98.0 cm³/mol. The van der Waals surface area contributed by atoms with Gasteiger partial charge in [-0.05, 0) is 29.9 Å². The van der Waals surface area contributed by atoms with Crippen molar-refractivity contribution in [2.45, 2.75) is 6.92 Å². The molecule has 0 unspecified atom stereocenters. The van der Waals surface area contributed by atoms with Gasteiger partial charge < -0.3 is 15.5 Å². The molecule has 0 radical (unpaired) electrons. The quantitative estimate of drug-likeness (QED) is 0.674. The number of thiazole rings is 1. The Hall–Kier alpha value is -1.29. The van der Waals surface area contributed by atoms with Crippen LogP contribution in [0.25, 0.3) is 0 Å². The lowest BCUT2D eigenvalue weighted by atomic mass is 10.3. The van der Waals surface area contributed by atoms with Crippen LogP contribution in [-0.2, 0) is 4.79 Å². The Morgan fingerprint density at radius 3 is 2.67 bits per heavy atom. The highest BCUT2D eigenvalue weighted by Gasteiger charge is 2.17. The summed E-state index contributed by atoms with van der Waals surface area (Å²) in [5, 5.41) is 7.09. The van der Waals surface area contributed by atoms with E-state index in [4.69, 9.17) is 0 Å². The molecule has 132 valence electrons. The number of carbonyl (C=O) groups is 2. The minimum atomic E-state index is -0.390. The van der Waals surface area contributed by atoms with Crippen molar-refractivity contribution >= 4 is 39.1 Å². The van der Waals surface area contributed by atoms with Crippen molar-refractivity contribution in [1.29, 1.82) is 0 Å². The van der Waals surface area contributed by atoms with Crippen LogP contribution < -0.4 is 10.6 Å². The Balaban J connectivity index is 1.76. The number of likely N-dealkylation sites (N-methyl/N-ethyl adjacent to an activating group) is 1. The summed E-state index contributed by atoms with van der Waals surface area (Å²) in [6.45, 7) is 7.20. The highest BCUT2D eigenvalue weighted by molar-refractivity contribution is 9.11.